The predicted molar refractivity (Wildman–Crippen MR) is 108 cm³/mol. The zero-order valence-corrected chi connectivity index (χ0v) is 16.3. The summed E-state index contributed by atoms with van der Waals surface area (Å²) in [5, 5.41) is 6.08. The first kappa shape index (κ1) is 19.8. The van der Waals surface area contributed by atoms with Crippen molar-refractivity contribution in [1.82, 2.24) is 9.99 Å². The van der Waals surface area contributed by atoms with Crippen molar-refractivity contribution >= 4 is 11.6 Å². The smallest absolute Gasteiger partial charge is 0.259 e. The van der Waals surface area contributed by atoms with Crippen LogP contribution in [0.15, 0.2) is 47.8 Å². The zero-order chi connectivity index (χ0) is 19.9. The molecule has 1 aliphatic rings. The Morgan fingerprint density at radius 3 is 2.75 bits per heavy atom. The van der Waals surface area contributed by atoms with E-state index in [1.54, 1.807) is 19.5 Å². The summed E-state index contributed by atoms with van der Waals surface area (Å²) >= 11 is 0. The number of aromatic nitrogens is 1. The van der Waals surface area contributed by atoms with Gasteiger partial charge in [-0.1, -0.05) is 0 Å². The first-order chi connectivity index (χ1) is 13.6. The van der Waals surface area contributed by atoms with Gasteiger partial charge in [-0.2, -0.15) is 5.10 Å². The van der Waals surface area contributed by atoms with Gasteiger partial charge in [0.05, 0.1) is 25.5 Å². The Labute approximate surface area is 165 Å². The number of methoxy groups -OCH3 is 1. The zero-order valence-electron chi connectivity index (χ0n) is 16.3. The topological polar surface area (TPSA) is 90.0 Å². The van der Waals surface area contributed by atoms with Crippen LogP contribution in [0.5, 0.6) is 11.5 Å². The highest BCUT2D eigenvalue weighted by molar-refractivity contribution is 6.02. The van der Waals surface area contributed by atoms with Crippen LogP contribution in [0.4, 0.5) is 0 Å². The standard InChI is InChI=1S/C21H26N4O3/c1-3-28-20-14-16(6-7-19(20)27-2)18-5-4-12-25(24-18)21(26)17(22)13-15-8-10-23-11-9-15/h6-11,14,17H,3-5,12-13,22H2,1-2H3/t17-/m1/s1. The van der Waals surface area contributed by atoms with E-state index in [2.05, 4.69) is 10.1 Å². The number of rotatable bonds is 7. The van der Waals surface area contributed by atoms with Crippen LogP contribution in [0.1, 0.15) is 30.9 Å². The summed E-state index contributed by atoms with van der Waals surface area (Å²) < 4.78 is 11.0. The summed E-state index contributed by atoms with van der Waals surface area (Å²) in [6, 6.07) is 8.80. The predicted octanol–water partition coefficient (Wildman–Crippen LogP) is 2.39. The second-order valence-electron chi connectivity index (χ2n) is 6.58. The van der Waals surface area contributed by atoms with Crippen molar-refractivity contribution in [3.63, 3.8) is 0 Å². The average molecular weight is 382 g/mol. The highest BCUT2D eigenvalue weighted by Gasteiger charge is 2.25. The van der Waals surface area contributed by atoms with E-state index in [1.807, 2.05) is 37.3 Å². The number of ether oxygens (including phenoxy) is 2. The molecule has 2 heterocycles. The molecule has 3 rings (SSSR count). The largest absolute Gasteiger partial charge is 0.493 e. The SMILES string of the molecule is CCOc1cc(C2=NN(C(=O)[C@H](N)Cc3ccncc3)CCC2)ccc1OC. The number of hydrazone groups is 1. The molecule has 0 fully saturated rings. The lowest BCUT2D eigenvalue weighted by Gasteiger charge is -2.26. The van der Waals surface area contributed by atoms with Crippen LogP contribution in [0.25, 0.3) is 0 Å². The Bertz CT molecular complexity index is 839. The van der Waals surface area contributed by atoms with Gasteiger partial charge in [0.2, 0.25) is 0 Å². The molecule has 148 valence electrons. The number of nitrogens with zero attached hydrogens (tertiary/aromatic N) is 3. The fourth-order valence-electron chi connectivity index (χ4n) is 3.18. The van der Waals surface area contributed by atoms with Crippen LogP contribution in [0, 0.1) is 0 Å². The fraction of sp³-hybridized carbons (Fsp3) is 0.381. The summed E-state index contributed by atoms with van der Waals surface area (Å²) in [7, 11) is 1.61. The van der Waals surface area contributed by atoms with Gasteiger partial charge in [0.25, 0.3) is 5.91 Å². The number of benzene rings is 1. The maximum atomic E-state index is 12.8. The Balaban J connectivity index is 1.77. The number of nitrogens with two attached hydrogens (primary N) is 1. The molecule has 7 nitrogen and oxygen atoms in total. The van der Waals surface area contributed by atoms with Crippen molar-refractivity contribution < 1.29 is 14.3 Å². The van der Waals surface area contributed by atoms with Crippen molar-refractivity contribution in [2.24, 2.45) is 10.8 Å². The molecule has 0 saturated heterocycles. The summed E-state index contributed by atoms with van der Waals surface area (Å²) in [4.78, 5) is 16.8. The van der Waals surface area contributed by atoms with Gasteiger partial charge in [-0.25, -0.2) is 5.01 Å². The lowest BCUT2D eigenvalue weighted by atomic mass is 10.0. The average Bonchev–Trinajstić information content (AvgIpc) is 2.74. The number of hydrogen-bond acceptors (Lipinski definition) is 6. The van der Waals surface area contributed by atoms with E-state index >= 15 is 0 Å². The molecule has 7 heteroatoms. The molecule has 0 unspecified atom stereocenters. The number of hydrogen-bond donors (Lipinski definition) is 1. The quantitative estimate of drug-likeness (QED) is 0.794. The number of carbonyl (C=O) groups is 1. The number of amides is 1. The van der Waals surface area contributed by atoms with Gasteiger partial charge in [0.1, 0.15) is 0 Å². The third-order valence-corrected chi connectivity index (χ3v) is 4.60. The molecular formula is C21H26N4O3. The summed E-state index contributed by atoms with van der Waals surface area (Å²) in [5.41, 5.74) is 8.90. The van der Waals surface area contributed by atoms with E-state index in [-0.39, 0.29) is 5.91 Å². The lowest BCUT2D eigenvalue weighted by Crippen LogP contribution is -2.44. The number of carbonyl (C=O) groups excluding carboxylic acids is 1. The maximum Gasteiger partial charge on any atom is 0.259 e. The molecule has 1 aromatic heterocycles. The van der Waals surface area contributed by atoms with E-state index in [0.717, 1.165) is 29.7 Å². The molecule has 2 aromatic rings. The second kappa shape index (κ2) is 9.32. The van der Waals surface area contributed by atoms with E-state index in [1.165, 1.54) is 5.01 Å². The van der Waals surface area contributed by atoms with Crippen LogP contribution >= 0.6 is 0 Å². The minimum absolute atomic E-state index is 0.174. The van der Waals surface area contributed by atoms with Crippen molar-refractivity contribution in [3.8, 4) is 11.5 Å². The first-order valence-corrected chi connectivity index (χ1v) is 9.47. The highest BCUT2D eigenvalue weighted by Crippen LogP contribution is 2.29. The normalized spacial score (nSPS) is 15.0. The van der Waals surface area contributed by atoms with Gasteiger partial charge in [0.15, 0.2) is 11.5 Å². The van der Waals surface area contributed by atoms with E-state index in [4.69, 9.17) is 15.2 Å². The molecule has 1 amide bonds. The van der Waals surface area contributed by atoms with Crippen LogP contribution in [-0.4, -0.2) is 47.9 Å². The van der Waals surface area contributed by atoms with Crippen LogP contribution in [0.2, 0.25) is 0 Å². The van der Waals surface area contributed by atoms with E-state index in [0.29, 0.717) is 31.1 Å². The third-order valence-electron chi connectivity index (χ3n) is 4.60. The molecule has 1 atom stereocenters. The Morgan fingerprint density at radius 2 is 2.04 bits per heavy atom. The van der Waals surface area contributed by atoms with Gasteiger partial charge in [-0.15, -0.1) is 0 Å². The molecule has 0 bridgehead atoms. The van der Waals surface area contributed by atoms with Crippen LogP contribution in [-0.2, 0) is 11.2 Å². The fourth-order valence-corrected chi connectivity index (χ4v) is 3.18. The van der Waals surface area contributed by atoms with Crippen LogP contribution < -0.4 is 15.2 Å². The molecule has 0 aliphatic carbocycles. The van der Waals surface area contributed by atoms with Gasteiger partial charge in [-0.05, 0) is 62.1 Å². The van der Waals surface area contributed by atoms with Gasteiger partial charge >= 0.3 is 0 Å². The van der Waals surface area contributed by atoms with Crippen molar-refractivity contribution in [2.75, 3.05) is 20.3 Å². The van der Waals surface area contributed by atoms with Gasteiger partial charge in [0, 0.05) is 24.5 Å². The van der Waals surface area contributed by atoms with Gasteiger partial charge < -0.3 is 15.2 Å². The molecule has 0 radical (unpaired) electrons. The lowest BCUT2D eigenvalue weighted by molar-refractivity contribution is -0.132. The minimum atomic E-state index is -0.639. The molecular weight excluding hydrogens is 356 g/mol. The molecule has 0 saturated carbocycles. The molecule has 1 aromatic carbocycles. The second-order valence-corrected chi connectivity index (χ2v) is 6.58. The Hall–Kier alpha value is -2.93. The third kappa shape index (κ3) is 4.67. The van der Waals surface area contributed by atoms with E-state index < -0.39 is 6.04 Å². The molecule has 1 aliphatic heterocycles. The Morgan fingerprint density at radius 1 is 1.25 bits per heavy atom. The molecule has 2 N–H and O–H groups in total. The maximum absolute atomic E-state index is 12.8. The summed E-state index contributed by atoms with van der Waals surface area (Å²) in [6.45, 7) is 3.04. The van der Waals surface area contributed by atoms with Crippen molar-refractivity contribution in [1.29, 1.82) is 0 Å². The van der Waals surface area contributed by atoms with Crippen LogP contribution in [0.3, 0.4) is 0 Å². The number of pyridine rings is 1. The van der Waals surface area contributed by atoms with E-state index in [9.17, 15) is 4.79 Å². The Kier molecular flexibility index (Phi) is 6.60. The molecule has 0 spiro atoms. The van der Waals surface area contributed by atoms with Crippen molar-refractivity contribution in [3.05, 3.63) is 53.9 Å². The van der Waals surface area contributed by atoms with Crippen molar-refractivity contribution in [2.45, 2.75) is 32.2 Å². The first-order valence-electron chi connectivity index (χ1n) is 9.47. The monoisotopic (exact) mass is 382 g/mol. The minimum Gasteiger partial charge on any atom is -0.493 e. The highest BCUT2D eigenvalue weighted by atomic mass is 16.5. The summed E-state index contributed by atoms with van der Waals surface area (Å²) in [6.07, 6.45) is 5.48. The molecule has 28 heavy (non-hydrogen) atoms. The van der Waals surface area contributed by atoms with Gasteiger partial charge in [-0.3, -0.25) is 9.78 Å². The summed E-state index contributed by atoms with van der Waals surface area (Å²) in [5.74, 6) is 1.17.